The highest BCUT2D eigenvalue weighted by atomic mass is 16.4. The molecule has 0 aromatic heterocycles. The monoisotopic (exact) mass is 282 g/mol. The summed E-state index contributed by atoms with van der Waals surface area (Å²) in [5.41, 5.74) is 5.66. The van der Waals surface area contributed by atoms with Crippen LogP contribution >= 0.6 is 0 Å². The van der Waals surface area contributed by atoms with Gasteiger partial charge in [0.25, 0.3) is 0 Å². The van der Waals surface area contributed by atoms with Crippen LogP contribution in [-0.4, -0.2) is 59.6 Å². The molecule has 0 amide bonds. The molecule has 1 unspecified atom stereocenters. The smallest absolute Gasteiger partial charge is 0.140 e. The van der Waals surface area contributed by atoms with Gasteiger partial charge in [-0.1, -0.05) is 12.1 Å². The average molecular weight is 282 g/mol. The molecule has 2 aliphatic heterocycles. The zero-order valence-electron chi connectivity index (χ0n) is 12.8. The van der Waals surface area contributed by atoms with Gasteiger partial charge in [-0.05, 0) is 64.2 Å². The van der Waals surface area contributed by atoms with E-state index in [1.54, 1.807) is 0 Å². The van der Waals surface area contributed by atoms with E-state index in [1.165, 1.54) is 45.3 Å². The summed E-state index contributed by atoms with van der Waals surface area (Å²) in [5, 5.41) is 11.8. The molecule has 0 saturated carbocycles. The van der Waals surface area contributed by atoms with Crippen LogP contribution in [0.5, 0.6) is 0 Å². The molecule has 0 aliphatic carbocycles. The Labute approximate surface area is 122 Å². The van der Waals surface area contributed by atoms with Gasteiger partial charge in [0.2, 0.25) is 0 Å². The van der Waals surface area contributed by atoms with Crippen molar-refractivity contribution in [2.75, 3.05) is 32.7 Å². The summed E-state index contributed by atoms with van der Waals surface area (Å²) in [7, 11) is 0. The average Bonchev–Trinajstić information content (AvgIpc) is 2.98. The second-order valence-corrected chi connectivity index (χ2v) is 6.34. The van der Waals surface area contributed by atoms with Crippen LogP contribution in [-0.2, 0) is 0 Å². The second-order valence-electron chi connectivity index (χ2n) is 6.34. The van der Waals surface area contributed by atoms with Gasteiger partial charge >= 0.3 is 0 Å². The standard InChI is InChI=1S/C15H30N4O/c1-2-14(11-15(16)17-20)19-9-5-13(6-10-19)12-18-7-3-4-8-18/h13-14,20H,2-12H2,1H3,(H2,16,17). The van der Waals surface area contributed by atoms with E-state index in [0.717, 1.165) is 25.4 Å². The quantitative estimate of drug-likeness (QED) is 0.337. The maximum absolute atomic E-state index is 8.72. The molecule has 1 atom stereocenters. The Morgan fingerprint density at radius 1 is 1.25 bits per heavy atom. The number of piperidine rings is 1. The fourth-order valence-corrected chi connectivity index (χ4v) is 3.64. The molecule has 5 heteroatoms. The third-order valence-corrected chi connectivity index (χ3v) is 4.93. The predicted octanol–water partition coefficient (Wildman–Crippen LogP) is 1.71. The molecule has 2 saturated heterocycles. The van der Waals surface area contributed by atoms with Gasteiger partial charge in [0, 0.05) is 19.0 Å². The molecule has 0 bridgehead atoms. The van der Waals surface area contributed by atoms with E-state index in [9.17, 15) is 0 Å². The first-order chi connectivity index (χ1) is 9.72. The van der Waals surface area contributed by atoms with Gasteiger partial charge in [-0.3, -0.25) is 4.90 Å². The lowest BCUT2D eigenvalue weighted by Gasteiger charge is -2.38. The summed E-state index contributed by atoms with van der Waals surface area (Å²) in [4.78, 5) is 5.16. The molecule has 0 aromatic rings. The number of hydrogen-bond acceptors (Lipinski definition) is 4. The van der Waals surface area contributed by atoms with E-state index < -0.39 is 0 Å². The van der Waals surface area contributed by atoms with Crippen LogP contribution in [0.1, 0.15) is 45.4 Å². The fourth-order valence-electron chi connectivity index (χ4n) is 3.64. The van der Waals surface area contributed by atoms with Gasteiger partial charge in [0.1, 0.15) is 5.84 Å². The molecule has 0 spiro atoms. The Morgan fingerprint density at radius 3 is 2.45 bits per heavy atom. The van der Waals surface area contributed by atoms with Gasteiger partial charge < -0.3 is 15.8 Å². The Bertz CT molecular complexity index is 307. The van der Waals surface area contributed by atoms with E-state index in [-0.39, 0.29) is 0 Å². The molecule has 2 rings (SSSR count). The van der Waals surface area contributed by atoms with Crippen LogP contribution in [0.2, 0.25) is 0 Å². The number of nitrogens with zero attached hydrogens (tertiary/aromatic N) is 3. The van der Waals surface area contributed by atoms with E-state index in [1.807, 2.05) is 0 Å². The minimum absolute atomic E-state index is 0.357. The molecule has 2 aliphatic rings. The van der Waals surface area contributed by atoms with Gasteiger partial charge in [0.15, 0.2) is 0 Å². The molecule has 2 heterocycles. The highest BCUT2D eigenvalue weighted by Gasteiger charge is 2.26. The number of likely N-dealkylation sites (tertiary alicyclic amines) is 2. The summed E-state index contributed by atoms with van der Waals surface area (Å²) in [5.74, 6) is 1.22. The molecule has 116 valence electrons. The first-order valence-electron chi connectivity index (χ1n) is 8.15. The number of rotatable bonds is 6. The Kier molecular flexibility index (Phi) is 6.10. The maximum atomic E-state index is 8.72. The zero-order valence-corrected chi connectivity index (χ0v) is 12.8. The van der Waals surface area contributed by atoms with E-state index in [2.05, 4.69) is 21.9 Å². The minimum Gasteiger partial charge on any atom is -0.409 e. The Hall–Kier alpha value is -0.810. The Morgan fingerprint density at radius 2 is 1.90 bits per heavy atom. The fraction of sp³-hybridized carbons (Fsp3) is 0.933. The van der Waals surface area contributed by atoms with Crippen molar-refractivity contribution in [2.24, 2.45) is 16.8 Å². The second kappa shape index (κ2) is 7.84. The van der Waals surface area contributed by atoms with E-state index in [4.69, 9.17) is 10.9 Å². The van der Waals surface area contributed by atoms with Crippen molar-refractivity contribution in [3.8, 4) is 0 Å². The van der Waals surface area contributed by atoms with Crippen LogP contribution in [0.25, 0.3) is 0 Å². The van der Waals surface area contributed by atoms with Crippen molar-refractivity contribution in [1.29, 1.82) is 0 Å². The molecular formula is C15H30N4O. The molecule has 3 N–H and O–H groups in total. The van der Waals surface area contributed by atoms with Gasteiger partial charge in [0.05, 0.1) is 0 Å². The zero-order chi connectivity index (χ0) is 14.4. The lowest BCUT2D eigenvalue weighted by atomic mass is 9.94. The molecule has 0 radical (unpaired) electrons. The SMILES string of the molecule is CCC(CC(N)=NO)N1CCC(CN2CCCC2)CC1. The highest BCUT2D eigenvalue weighted by Crippen LogP contribution is 2.23. The minimum atomic E-state index is 0.357. The van der Waals surface area contributed by atoms with Crippen molar-refractivity contribution in [2.45, 2.75) is 51.5 Å². The first kappa shape index (κ1) is 15.6. The third kappa shape index (κ3) is 4.35. The summed E-state index contributed by atoms with van der Waals surface area (Å²) in [6.45, 7) is 8.42. The van der Waals surface area contributed by atoms with Crippen molar-refractivity contribution >= 4 is 5.84 Å². The summed E-state index contributed by atoms with van der Waals surface area (Å²) in [6.07, 6.45) is 7.11. The predicted molar refractivity (Wildman–Crippen MR) is 82.1 cm³/mol. The van der Waals surface area contributed by atoms with Crippen LogP contribution in [0, 0.1) is 5.92 Å². The van der Waals surface area contributed by atoms with Crippen LogP contribution < -0.4 is 5.73 Å². The summed E-state index contributed by atoms with van der Waals surface area (Å²) in [6, 6.07) is 0.429. The number of amidine groups is 1. The van der Waals surface area contributed by atoms with Gasteiger partial charge in [-0.15, -0.1) is 0 Å². The third-order valence-electron chi connectivity index (χ3n) is 4.93. The maximum Gasteiger partial charge on any atom is 0.140 e. The largest absolute Gasteiger partial charge is 0.409 e. The van der Waals surface area contributed by atoms with Crippen LogP contribution in [0.3, 0.4) is 0 Å². The van der Waals surface area contributed by atoms with E-state index in [0.29, 0.717) is 18.3 Å². The summed E-state index contributed by atoms with van der Waals surface area (Å²) < 4.78 is 0. The Balaban J connectivity index is 1.74. The number of nitrogens with two attached hydrogens (primary N) is 1. The van der Waals surface area contributed by atoms with Gasteiger partial charge in [-0.2, -0.15) is 0 Å². The summed E-state index contributed by atoms with van der Waals surface area (Å²) >= 11 is 0. The normalized spacial score (nSPS) is 25.1. The molecule has 2 fully saturated rings. The highest BCUT2D eigenvalue weighted by molar-refractivity contribution is 5.80. The molecule has 20 heavy (non-hydrogen) atoms. The van der Waals surface area contributed by atoms with Crippen molar-refractivity contribution in [1.82, 2.24) is 9.80 Å². The molecular weight excluding hydrogens is 252 g/mol. The first-order valence-corrected chi connectivity index (χ1v) is 8.15. The van der Waals surface area contributed by atoms with Crippen molar-refractivity contribution in [3.05, 3.63) is 0 Å². The molecule has 0 aromatic carbocycles. The number of hydrogen-bond donors (Lipinski definition) is 2. The van der Waals surface area contributed by atoms with Crippen LogP contribution in [0.15, 0.2) is 5.16 Å². The molecule has 5 nitrogen and oxygen atoms in total. The van der Waals surface area contributed by atoms with E-state index >= 15 is 0 Å². The number of oxime groups is 1. The van der Waals surface area contributed by atoms with Crippen molar-refractivity contribution in [3.63, 3.8) is 0 Å². The topological polar surface area (TPSA) is 65.1 Å². The van der Waals surface area contributed by atoms with Gasteiger partial charge in [-0.25, -0.2) is 0 Å². The van der Waals surface area contributed by atoms with Crippen molar-refractivity contribution < 1.29 is 5.21 Å². The lowest BCUT2D eigenvalue weighted by Crippen LogP contribution is -2.44. The van der Waals surface area contributed by atoms with Crippen LogP contribution in [0.4, 0.5) is 0 Å². The lowest BCUT2D eigenvalue weighted by molar-refractivity contribution is 0.114.